The molecule has 1 fully saturated rings. The van der Waals surface area contributed by atoms with Crippen molar-refractivity contribution in [2.24, 2.45) is 0 Å². The van der Waals surface area contributed by atoms with Gasteiger partial charge in [-0.25, -0.2) is 0 Å². The van der Waals surface area contributed by atoms with Gasteiger partial charge in [-0.05, 0) is 45.1 Å². The molecule has 1 aliphatic heterocycles. The van der Waals surface area contributed by atoms with E-state index >= 15 is 0 Å². The van der Waals surface area contributed by atoms with Gasteiger partial charge in [0.05, 0.1) is 17.0 Å². The van der Waals surface area contributed by atoms with Gasteiger partial charge >= 0.3 is 0 Å². The van der Waals surface area contributed by atoms with E-state index in [9.17, 15) is 4.79 Å². The Morgan fingerprint density at radius 2 is 2.30 bits per heavy atom. The molecule has 0 bridgehead atoms. The number of hydrogen-bond donors (Lipinski definition) is 0. The van der Waals surface area contributed by atoms with Crippen LogP contribution in [0, 0.1) is 6.92 Å². The van der Waals surface area contributed by atoms with E-state index in [1.165, 1.54) is 0 Å². The highest BCUT2D eigenvalue weighted by Crippen LogP contribution is 2.24. The lowest BCUT2D eigenvalue weighted by molar-refractivity contribution is 0.0728. The predicted octanol–water partition coefficient (Wildman–Crippen LogP) is 2.97. The summed E-state index contributed by atoms with van der Waals surface area (Å²) in [4.78, 5) is 14.8. The summed E-state index contributed by atoms with van der Waals surface area (Å²) in [7, 11) is 0. The molecular weight excluding hydrogens is 274 g/mol. The van der Waals surface area contributed by atoms with E-state index in [2.05, 4.69) is 10.2 Å². The van der Waals surface area contributed by atoms with Crippen molar-refractivity contribution in [1.82, 2.24) is 15.1 Å². The lowest BCUT2D eigenvalue weighted by Gasteiger charge is -2.25. The Hall–Kier alpha value is -1.16. The molecule has 1 amide bonds. The van der Waals surface area contributed by atoms with Gasteiger partial charge < -0.3 is 4.90 Å². The van der Waals surface area contributed by atoms with Gasteiger partial charge in [0.1, 0.15) is 0 Å². The maximum Gasteiger partial charge on any atom is 0.256 e. The molecule has 0 saturated carbocycles. The Morgan fingerprint density at radius 3 is 3.00 bits per heavy atom. The highest BCUT2D eigenvalue weighted by Gasteiger charge is 2.30. The van der Waals surface area contributed by atoms with Crippen LogP contribution in [0.4, 0.5) is 0 Å². The summed E-state index contributed by atoms with van der Waals surface area (Å²) >= 11 is 5.77. The van der Waals surface area contributed by atoms with Gasteiger partial charge in [-0.3, -0.25) is 4.79 Å². The molecule has 5 heteroatoms. The van der Waals surface area contributed by atoms with Gasteiger partial charge in [0.2, 0.25) is 0 Å². The Kier molecular flexibility index (Phi) is 5.35. The highest BCUT2D eigenvalue weighted by atomic mass is 35.5. The van der Waals surface area contributed by atoms with E-state index in [1.54, 1.807) is 0 Å². The Morgan fingerprint density at radius 1 is 1.50 bits per heavy atom. The van der Waals surface area contributed by atoms with Crippen LogP contribution in [-0.2, 0) is 6.42 Å². The maximum atomic E-state index is 12.8. The molecule has 110 valence electrons. The molecule has 0 spiro atoms. The number of alkyl halides is 1. The third-order valence-electron chi connectivity index (χ3n) is 3.87. The predicted molar refractivity (Wildman–Crippen MR) is 80.2 cm³/mol. The van der Waals surface area contributed by atoms with Crippen LogP contribution in [-0.4, -0.2) is 39.5 Å². The summed E-state index contributed by atoms with van der Waals surface area (Å²) in [6.45, 7) is 4.72. The Labute approximate surface area is 125 Å². The van der Waals surface area contributed by atoms with Crippen molar-refractivity contribution < 1.29 is 4.79 Å². The van der Waals surface area contributed by atoms with Crippen LogP contribution >= 0.6 is 11.6 Å². The summed E-state index contributed by atoms with van der Waals surface area (Å²) < 4.78 is 0. The molecule has 2 rings (SSSR count). The van der Waals surface area contributed by atoms with Crippen LogP contribution in [0.15, 0.2) is 6.07 Å². The van der Waals surface area contributed by atoms with E-state index in [0.717, 1.165) is 55.6 Å². The zero-order chi connectivity index (χ0) is 14.5. The van der Waals surface area contributed by atoms with Crippen LogP contribution in [0.5, 0.6) is 0 Å². The Bertz CT molecular complexity index is 478. The quantitative estimate of drug-likeness (QED) is 0.785. The van der Waals surface area contributed by atoms with Crippen molar-refractivity contribution in [1.29, 1.82) is 0 Å². The topological polar surface area (TPSA) is 46.1 Å². The monoisotopic (exact) mass is 295 g/mol. The molecule has 4 nitrogen and oxygen atoms in total. The maximum absolute atomic E-state index is 12.8. The first-order chi connectivity index (χ1) is 9.67. The molecule has 0 aliphatic carbocycles. The number of aromatic nitrogens is 2. The summed E-state index contributed by atoms with van der Waals surface area (Å²) in [6.07, 6.45) is 4.85. The minimum Gasteiger partial charge on any atom is -0.336 e. The second kappa shape index (κ2) is 7.02. The van der Waals surface area contributed by atoms with Crippen molar-refractivity contribution in [2.45, 2.75) is 52.0 Å². The zero-order valence-electron chi connectivity index (χ0n) is 12.2. The molecule has 1 atom stereocenters. The fourth-order valence-corrected chi connectivity index (χ4v) is 2.99. The van der Waals surface area contributed by atoms with Crippen LogP contribution in [0.2, 0.25) is 0 Å². The number of halogens is 1. The second-order valence-corrected chi connectivity index (χ2v) is 5.70. The van der Waals surface area contributed by atoms with Crippen LogP contribution < -0.4 is 0 Å². The molecule has 1 unspecified atom stereocenters. The fraction of sp³-hybridized carbons (Fsp3) is 0.667. The number of aryl methyl sites for hydroxylation is 2. The van der Waals surface area contributed by atoms with E-state index in [0.29, 0.717) is 11.9 Å². The van der Waals surface area contributed by atoms with Crippen LogP contribution in [0.1, 0.15) is 54.4 Å². The summed E-state index contributed by atoms with van der Waals surface area (Å²) in [6, 6.07) is 2.20. The molecule has 2 heterocycles. The van der Waals surface area contributed by atoms with E-state index in [1.807, 2.05) is 24.8 Å². The number of carbonyl (C=O) groups excluding carboxylic acids is 1. The largest absolute Gasteiger partial charge is 0.336 e. The SMILES string of the molecule is CCc1nnc(C)cc1C(=O)N1CCCC1CCCCl. The summed E-state index contributed by atoms with van der Waals surface area (Å²) in [5.41, 5.74) is 2.31. The molecule has 0 aromatic carbocycles. The third kappa shape index (κ3) is 3.29. The second-order valence-electron chi connectivity index (χ2n) is 5.33. The van der Waals surface area contributed by atoms with Crippen molar-refractivity contribution in [3.8, 4) is 0 Å². The average Bonchev–Trinajstić information content (AvgIpc) is 2.92. The minimum atomic E-state index is 0.108. The average molecular weight is 296 g/mol. The lowest BCUT2D eigenvalue weighted by Crippen LogP contribution is -2.36. The third-order valence-corrected chi connectivity index (χ3v) is 4.13. The smallest absolute Gasteiger partial charge is 0.256 e. The zero-order valence-corrected chi connectivity index (χ0v) is 13.0. The van der Waals surface area contributed by atoms with Gasteiger partial charge in [-0.2, -0.15) is 10.2 Å². The van der Waals surface area contributed by atoms with Gasteiger partial charge in [-0.15, -0.1) is 11.6 Å². The van der Waals surface area contributed by atoms with Crippen LogP contribution in [0.3, 0.4) is 0 Å². The number of amides is 1. The van der Waals surface area contributed by atoms with Crippen molar-refractivity contribution in [3.63, 3.8) is 0 Å². The lowest BCUT2D eigenvalue weighted by atomic mass is 10.1. The molecule has 0 radical (unpaired) electrons. The van der Waals surface area contributed by atoms with Crippen LogP contribution in [0.25, 0.3) is 0 Å². The number of nitrogens with zero attached hydrogens (tertiary/aromatic N) is 3. The van der Waals surface area contributed by atoms with Gasteiger partial charge in [0.25, 0.3) is 5.91 Å². The minimum absolute atomic E-state index is 0.108. The normalized spacial score (nSPS) is 18.6. The fourth-order valence-electron chi connectivity index (χ4n) is 2.83. The summed E-state index contributed by atoms with van der Waals surface area (Å²) in [5, 5.41) is 8.21. The standard InChI is InChI=1S/C15H22ClN3O/c1-3-14-13(10-11(2)17-18-14)15(20)19-9-5-7-12(19)6-4-8-16/h10,12H,3-9H2,1-2H3. The Balaban J connectivity index is 2.19. The van der Waals surface area contributed by atoms with Gasteiger partial charge in [0, 0.05) is 18.5 Å². The molecule has 1 aromatic rings. The van der Waals surface area contributed by atoms with Crippen molar-refractivity contribution >= 4 is 17.5 Å². The van der Waals surface area contributed by atoms with Crippen molar-refractivity contribution in [3.05, 3.63) is 23.0 Å². The number of hydrogen-bond acceptors (Lipinski definition) is 3. The first-order valence-corrected chi connectivity index (χ1v) is 7.91. The highest BCUT2D eigenvalue weighted by molar-refractivity contribution is 6.17. The molecule has 0 N–H and O–H groups in total. The molecule has 1 aromatic heterocycles. The van der Waals surface area contributed by atoms with E-state index in [-0.39, 0.29) is 5.91 Å². The summed E-state index contributed by atoms with van der Waals surface area (Å²) in [5.74, 6) is 0.770. The van der Waals surface area contributed by atoms with Gasteiger partial charge in [-0.1, -0.05) is 6.92 Å². The molecule has 1 aliphatic rings. The van der Waals surface area contributed by atoms with E-state index in [4.69, 9.17) is 11.6 Å². The van der Waals surface area contributed by atoms with Gasteiger partial charge in [0.15, 0.2) is 0 Å². The first kappa shape index (κ1) is 15.2. The van der Waals surface area contributed by atoms with Crippen molar-refractivity contribution in [2.75, 3.05) is 12.4 Å². The molecule has 1 saturated heterocycles. The molecule has 20 heavy (non-hydrogen) atoms. The number of rotatable bonds is 5. The molecular formula is C15H22ClN3O. The first-order valence-electron chi connectivity index (χ1n) is 7.37. The number of likely N-dealkylation sites (tertiary alicyclic amines) is 1. The van der Waals surface area contributed by atoms with E-state index < -0.39 is 0 Å². The number of carbonyl (C=O) groups is 1.